The van der Waals surface area contributed by atoms with Crippen molar-refractivity contribution in [2.75, 3.05) is 0 Å². The van der Waals surface area contributed by atoms with Gasteiger partial charge in [-0.25, -0.2) is 24.0 Å². The molecule has 1 aliphatic carbocycles. The fourth-order valence-electron chi connectivity index (χ4n) is 3.47. The van der Waals surface area contributed by atoms with Crippen LogP contribution in [0.3, 0.4) is 0 Å². The summed E-state index contributed by atoms with van der Waals surface area (Å²) in [6.45, 7) is 3.19. The van der Waals surface area contributed by atoms with Crippen LogP contribution in [-0.2, 0) is 21.6 Å². The van der Waals surface area contributed by atoms with E-state index < -0.39 is 24.2 Å². The molecule has 1 aromatic carbocycles. The highest BCUT2D eigenvalue weighted by Crippen LogP contribution is 2.36. The lowest BCUT2D eigenvalue weighted by Crippen LogP contribution is -2.25. The zero-order valence-electron chi connectivity index (χ0n) is 18.3. The number of hydrogen-bond donors (Lipinski definition) is 0. The topological polar surface area (TPSA) is 102 Å². The SMILES string of the molecule is CC(C)C(=O)OOC(=O)c1c(OC2CCC(c3ccc(OC(F)(F)F)cc3)CC2)nnn1C. The highest BCUT2D eigenvalue weighted by Gasteiger charge is 2.32. The van der Waals surface area contributed by atoms with Crippen molar-refractivity contribution in [3.05, 3.63) is 35.5 Å². The molecule has 1 saturated carbocycles. The van der Waals surface area contributed by atoms with Crippen molar-refractivity contribution in [3.63, 3.8) is 0 Å². The van der Waals surface area contributed by atoms with E-state index in [0.717, 1.165) is 23.1 Å². The van der Waals surface area contributed by atoms with Gasteiger partial charge in [-0.05, 0) is 49.3 Å². The summed E-state index contributed by atoms with van der Waals surface area (Å²) in [5, 5.41) is 7.62. The predicted molar refractivity (Wildman–Crippen MR) is 106 cm³/mol. The van der Waals surface area contributed by atoms with Gasteiger partial charge in [-0.15, -0.1) is 13.2 Å². The maximum absolute atomic E-state index is 12.3. The van der Waals surface area contributed by atoms with Crippen LogP contribution in [0, 0.1) is 5.92 Å². The fourth-order valence-corrected chi connectivity index (χ4v) is 3.47. The minimum atomic E-state index is -4.72. The Labute approximate surface area is 187 Å². The van der Waals surface area contributed by atoms with Crippen LogP contribution < -0.4 is 9.47 Å². The van der Waals surface area contributed by atoms with Crippen LogP contribution in [-0.4, -0.2) is 39.4 Å². The van der Waals surface area contributed by atoms with Gasteiger partial charge < -0.3 is 9.47 Å². The number of ether oxygens (including phenoxy) is 2. The number of halogens is 3. The Balaban J connectivity index is 1.55. The van der Waals surface area contributed by atoms with E-state index in [4.69, 9.17) is 4.74 Å². The Hall–Kier alpha value is -3.31. The number of rotatable bonds is 6. The molecule has 0 amide bonds. The van der Waals surface area contributed by atoms with Crippen molar-refractivity contribution < 1.29 is 42.0 Å². The van der Waals surface area contributed by atoms with Crippen molar-refractivity contribution in [3.8, 4) is 11.6 Å². The molecule has 33 heavy (non-hydrogen) atoms. The number of nitrogens with zero attached hydrogens (tertiary/aromatic N) is 3. The van der Waals surface area contributed by atoms with Crippen molar-refractivity contribution in [1.29, 1.82) is 0 Å². The van der Waals surface area contributed by atoms with Crippen LogP contribution >= 0.6 is 0 Å². The van der Waals surface area contributed by atoms with Gasteiger partial charge in [0.05, 0.1) is 5.92 Å². The standard InChI is InChI=1S/C21H24F3N3O6/c1-12(2)19(28)32-33-20(29)17-18(25-26-27(17)3)30-15-8-4-13(5-9-15)14-6-10-16(11-7-14)31-21(22,23)24/h6-7,10-13,15H,4-5,8-9H2,1-3H3. The summed E-state index contributed by atoms with van der Waals surface area (Å²) in [7, 11) is 1.48. The molecule has 9 nitrogen and oxygen atoms in total. The number of benzene rings is 1. The summed E-state index contributed by atoms with van der Waals surface area (Å²) in [6.07, 6.45) is -2.22. The number of carbonyl (C=O) groups is 2. The van der Waals surface area contributed by atoms with Crippen LogP contribution in [0.1, 0.15) is 61.5 Å². The van der Waals surface area contributed by atoms with Gasteiger partial charge in [0.2, 0.25) is 5.69 Å². The van der Waals surface area contributed by atoms with Crippen molar-refractivity contribution in [2.24, 2.45) is 13.0 Å². The van der Waals surface area contributed by atoms with E-state index in [-0.39, 0.29) is 29.3 Å². The van der Waals surface area contributed by atoms with Crippen molar-refractivity contribution in [1.82, 2.24) is 15.0 Å². The van der Waals surface area contributed by atoms with Gasteiger partial charge in [0.25, 0.3) is 5.88 Å². The molecule has 0 unspecified atom stereocenters. The van der Waals surface area contributed by atoms with E-state index in [0.29, 0.717) is 12.8 Å². The first-order valence-electron chi connectivity index (χ1n) is 10.4. The molecular formula is C21H24F3N3O6. The van der Waals surface area contributed by atoms with Crippen LogP contribution in [0.25, 0.3) is 0 Å². The number of aromatic nitrogens is 3. The molecule has 0 radical (unpaired) electrons. The minimum Gasteiger partial charge on any atom is -0.472 e. The van der Waals surface area contributed by atoms with Gasteiger partial charge in [0, 0.05) is 7.05 Å². The molecule has 12 heteroatoms. The third-order valence-electron chi connectivity index (χ3n) is 5.20. The van der Waals surface area contributed by atoms with Crippen molar-refractivity contribution >= 4 is 11.9 Å². The second-order valence-electron chi connectivity index (χ2n) is 8.00. The summed E-state index contributed by atoms with van der Waals surface area (Å²) in [4.78, 5) is 32.9. The molecule has 0 aliphatic heterocycles. The molecule has 0 bridgehead atoms. The number of alkyl halides is 3. The molecule has 3 rings (SSSR count). The Morgan fingerprint density at radius 2 is 1.70 bits per heavy atom. The van der Waals surface area contributed by atoms with E-state index in [1.54, 1.807) is 26.0 Å². The molecule has 0 atom stereocenters. The smallest absolute Gasteiger partial charge is 0.472 e. The van der Waals surface area contributed by atoms with Gasteiger partial charge in [-0.3, -0.25) is 0 Å². The highest BCUT2D eigenvalue weighted by molar-refractivity contribution is 5.90. The quantitative estimate of drug-likeness (QED) is 0.459. The van der Waals surface area contributed by atoms with Crippen molar-refractivity contribution in [2.45, 2.75) is 57.9 Å². The summed E-state index contributed by atoms with van der Waals surface area (Å²) in [6, 6.07) is 5.86. The normalized spacial score (nSPS) is 18.6. The van der Waals surface area contributed by atoms with Gasteiger partial charge >= 0.3 is 18.3 Å². The number of hydrogen-bond acceptors (Lipinski definition) is 8. The highest BCUT2D eigenvalue weighted by atomic mass is 19.4. The number of carbonyl (C=O) groups excluding carboxylic acids is 2. The largest absolute Gasteiger partial charge is 0.573 e. The lowest BCUT2D eigenvalue weighted by Gasteiger charge is -2.28. The first-order chi connectivity index (χ1) is 15.5. The first-order valence-corrected chi connectivity index (χ1v) is 10.4. The molecule has 0 N–H and O–H groups in total. The van der Waals surface area contributed by atoms with E-state index >= 15 is 0 Å². The minimum absolute atomic E-state index is 0.0276. The third-order valence-corrected chi connectivity index (χ3v) is 5.20. The second-order valence-corrected chi connectivity index (χ2v) is 8.00. The van der Waals surface area contributed by atoms with Gasteiger partial charge in [-0.2, -0.15) is 0 Å². The van der Waals surface area contributed by atoms with E-state index in [1.807, 2.05) is 0 Å². The lowest BCUT2D eigenvalue weighted by atomic mass is 9.83. The Morgan fingerprint density at radius 1 is 1.06 bits per heavy atom. The van der Waals surface area contributed by atoms with E-state index in [9.17, 15) is 22.8 Å². The zero-order chi connectivity index (χ0) is 24.2. The van der Waals surface area contributed by atoms with Gasteiger partial charge in [0.15, 0.2) is 0 Å². The molecule has 0 spiro atoms. The summed E-state index contributed by atoms with van der Waals surface area (Å²) < 4.78 is 47.9. The molecule has 1 fully saturated rings. The summed E-state index contributed by atoms with van der Waals surface area (Å²) in [5.74, 6) is -2.25. The molecule has 1 aromatic heterocycles. The molecule has 2 aromatic rings. The predicted octanol–water partition coefficient (Wildman–Crippen LogP) is 4.09. The van der Waals surface area contributed by atoms with Gasteiger partial charge in [-0.1, -0.05) is 36.3 Å². The fraction of sp³-hybridized carbons (Fsp3) is 0.524. The number of aryl methyl sites for hydroxylation is 1. The van der Waals surface area contributed by atoms with E-state index in [1.165, 1.54) is 19.2 Å². The summed E-state index contributed by atoms with van der Waals surface area (Å²) in [5.41, 5.74) is 0.827. The van der Waals surface area contributed by atoms with Gasteiger partial charge in [0.1, 0.15) is 11.9 Å². The zero-order valence-corrected chi connectivity index (χ0v) is 18.3. The third kappa shape index (κ3) is 6.59. The average Bonchev–Trinajstić information content (AvgIpc) is 3.11. The van der Waals surface area contributed by atoms with Crippen LogP contribution in [0.5, 0.6) is 11.6 Å². The Morgan fingerprint density at radius 3 is 2.27 bits per heavy atom. The Kier molecular flexibility index (Phi) is 7.44. The molecular weight excluding hydrogens is 447 g/mol. The second kappa shape index (κ2) is 10.1. The Bertz CT molecular complexity index is 967. The maximum atomic E-state index is 12.3. The monoisotopic (exact) mass is 471 g/mol. The summed E-state index contributed by atoms with van der Waals surface area (Å²) >= 11 is 0. The van der Waals surface area contributed by atoms with Crippen LogP contribution in [0.4, 0.5) is 13.2 Å². The molecule has 1 aliphatic rings. The maximum Gasteiger partial charge on any atom is 0.573 e. The molecule has 0 saturated heterocycles. The average molecular weight is 471 g/mol. The molecule has 1 heterocycles. The van der Waals surface area contributed by atoms with Crippen LogP contribution in [0.2, 0.25) is 0 Å². The first kappa shape index (κ1) is 24.3. The van der Waals surface area contributed by atoms with E-state index in [2.05, 4.69) is 24.8 Å². The molecule has 180 valence electrons. The lowest BCUT2D eigenvalue weighted by molar-refractivity contribution is -0.274. The van der Waals surface area contributed by atoms with Crippen LogP contribution in [0.15, 0.2) is 24.3 Å².